The number of nitrogens with two attached hydrogens (primary N) is 1. The molecular weight excluding hydrogens is 255 g/mol. The van der Waals surface area contributed by atoms with Crippen molar-refractivity contribution in [1.82, 2.24) is 4.98 Å². The number of benzene rings is 2. The molecule has 2 N–H and O–H groups in total. The SMILES string of the molecule is CC(C)c1cc(N)c2oc(-c3ccccc3F)nc2c1. The fraction of sp³-hybridized carbons (Fsp3) is 0.188. The maximum absolute atomic E-state index is 13.8. The van der Waals surface area contributed by atoms with Crippen LogP contribution >= 0.6 is 0 Å². The maximum atomic E-state index is 13.8. The fourth-order valence-corrected chi connectivity index (χ4v) is 2.16. The molecular formula is C16H15FN2O. The Balaban J connectivity index is 2.21. The average Bonchev–Trinajstić information content (AvgIpc) is 2.83. The van der Waals surface area contributed by atoms with Gasteiger partial charge in [0.25, 0.3) is 0 Å². The molecule has 4 heteroatoms. The largest absolute Gasteiger partial charge is 0.434 e. The Morgan fingerprint density at radius 3 is 2.65 bits per heavy atom. The molecule has 1 heterocycles. The molecule has 0 aliphatic heterocycles. The van der Waals surface area contributed by atoms with Crippen LogP contribution in [0.4, 0.5) is 10.1 Å². The van der Waals surface area contributed by atoms with E-state index in [1.165, 1.54) is 6.07 Å². The molecule has 0 saturated carbocycles. The third-order valence-corrected chi connectivity index (χ3v) is 3.31. The lowest BCUT2D eigenvalue weighted by Crippen LogP contribution is -1.92. The van der Waals surface area contributed by atoms with E-state index in [9.17, 15) is 4.39 Å². The fourth-order valence-electron chi connectivity index (χ4n) is 2.16. The van der Waals surface area contributed by atoms with Crippen LogP contribution in [0.15, 0.2) is 40.8 Å². The first-order chi connectivity index (χ1) is 9.56. The number of oxazole rings is 1. The van der Waals surface area contributed by atoms with Crippen molar-refractivity contribution in [3.05, 3.63) is 47.8 Å². The summed E-state index contributed by atoms with van der Waals surface area (Å²) in [5, 5.41) is 0. The lowest BCUT2D eigenvalue weighted by Gasteiger charge is -2.05. The first kappa shape index (κ1) is 12.7. The zero-order valence-electron chi connectivity index (χ0n) is 11.4. The number of halogens is 1. The van der Waals surface area contributed by atoms with Crippen molar-refractivity contribution in [2.45, 2.75) is 19.8 Å². The number of hydrogen-bond acceptors (Lipinski definition) is 3. The van der Waals surface area contributed by atoms with E-state index in [4.69, 9.17) is 10.2 Å². The summed E-state index contributed by atoms with van der Waals surface area (Å²) in [7, 11) is 0. The molecule has 20 heavy (non-hydrogen) atoms. The van der Waals surface area contributed by atoms with E-state index in [1.54, 1.807) is 18.2 Å². The average molecular weight is 270 g/mol. The number of nitrogen functional groups attached to an aromatic ring is 1. The first-order valence-electron chi connectivity index (χ1n) is 6.51. The Labute approximate surface area is 116 Å². The molecule has 0 saturated heterocycles. The highest BCUT2D eigenvalue weighted by atomic mass is 19.1. The molecule has 0 aliphatic rings. The van der Waals surface area contributed by atoms with Crippen LogP contribution in [0.25, 0.3) is 22.6 Å². The van der Waals surface area contributed by atoms with Crippen LogP contribution in [0, 0.1) is 5.82 Å². The van der Waals surface area contributed by atoms with Gasteiger partial charge in [-0.1, -0.05) is 26.0 Å². The Bertz CT molecular complexity index is 777. The second kappa shape index (κ2) is 4.63. The summed E-state index contributed by atoms with van der Waals surface area (Å²) < 4.78 is 19.4. The van der Waals surface area contributed by atoms with Crippen molar-refractivity contribution in [3.8, 4) is 11.5 Å². The zero-order valence-corrected chi connectivity index (χ0v) is 11.4. The third-order valence-electron chi connectivity index (χ3n) is 3.31. The van der Waals surface area contributed by atoms with Gasteiger partial charge in [0.05, 0.1) is 11.3 Å². The van der Waals surface area contributed by atoms with Crippen LogP contribution in [0.2, 0.25) is 0 Å². The monoisotopic (exact) mass is 270 g/mol. The molecule has 102 valence electrons. The maximum Gasteiger partial charge on any atom is 0.230 e. The highest BCUT2D eigenvalue weighted by molar-refractivity contribution is 5.87. The predicted octanol–water partition coefficient (Wildman–Crippen LogP) is 4.34. The minimum atomic E-state index is -0.360. The minimum absolute atomic E-state index is 0.255. The number of anilines is 1. The summed E-state index contributed by atoms with van der Waals surface area (Å²) >= 11 is 0. The van der Waals surface area contributed by atoms with Gasteiger partial charge in [-0.3, -0.25) is 0 Å². The molecule has 3 aromatic rings. The second-order valence-electron chi connectivity index (χ2n) is 5.11. The summed E-state index contributed by atoms with van der Waals surface area (Å²) in [6.07, 6.45) is 0. The topological polar surface area (TPSA) is 52.0 Å². The second-order valence-corrected chi connectivity index (χ2v) is 5.11. The van der Waals surface area contributed by atoms with E-state index in [2.05, 4.69) is 18.8 Å². The number of aromatic nitrogens is 1. The molecule has 2 aromatic carbocycles. The standard InChI is InChI=1S/C16H15FN2O/c1-9(2)10-7-13(18)15-14(8-10)19-16(20-15)11-5-3-4-6-12(11)17/h3-9H,18H2,1-2H3. The van der Waals surface area contributed by atoms with E-state index in [-0.39, 0.29) is 11.7 Å². The smallest absolute Gasteiger partial charge is 0.230 e. The summed E-state index contributed by atoms with van der Waals surface area (Å²) in [6.45, 7) is 4.16. The molecule has 0 unspecified atom stereocenters. The van der Waals surface area contributed by atoms with Gasteiger partial charge < -0.3 is 10.2 Å². The van der Waals surface area contributed by atoms with Crippen molar-refractivity contribution in [3.63, 3.8) is 0 Å². The van der Waals surface area contributed by atoms with Crippen LogP contribution < -0.4 is 5.73 Å². The normalized spacial score (nSPS) is 11.4. The van der Waals surface area contributed by atoms with E-state index in [1.807, 2.05) is 12.1 Å². The summed E-state index contributed by atoms with van der Waals surface area (Å²) in [5.41, 5.74) is 9.12. The molecule has 0 atom stereocenters. The molecule has 0 spiro atoms. The van der Waals surface area contributed by atoms with Gasteiger partial charge in [0, 0.05) is 0 Å². The molecule has 3 nitrogen and oxygen atoms in total. The number of nitrogens with zero attached hydrogens (tertiary/aromatic N) is 1. The molecule has 0 aliphatic carbocycles. The van der Waals surface area contributed by atoms with Crippen LogP contribution in [-0.4, -0.2) is 4.98 Å². The Morgan fingerprint density at radius 2 is 1.95 bits per heavy atom. The van der Waals surface area contributed by atoms with Gasteiger partial charge in [-0.25, -0.2) is 9.37 Å². The van der Waals surface area contributed by atoms with Crippen LogP contribution in [0.5, 0.6) is 0 Å². The van der Waals surface area contributed by atoms with Gasteiger partial charge in [-0.2, -0.15) is 0 Å². The van der Waals surface area contributed by atoms with Crippen molar-refractivity contribution >= 4 is 16.8 Å². The van der Waals surface area contributed by atoms with Gasteiger partial charge in [-0.15, -0.1) is 0 Å². The van der Waals surface area contributed by atoms with Gasteiger partial charge >= 0.3 is 0 Å². The molecule has 0 bridgehead atoms. The zero-order chi connectivity index (χ0) is 14.3. The highest BCUT2D eigenvalue weighted by Gasteiger charge is 2.15. The number of rotatable bonds is 2. The molecule has 0 fully saturated rings. The van der Waals surface area contributed by atoms with E-state index in [0.717, 1.165) is 5.56 Å². The number of fused-ring (bicyclic) bond motifs is 1. The summed E-state index contributed by atoms with van der Waals surface area (Å²) in [5.74, 6) is 0.239. The molecule has 0 radical (unpaired) electrons. The lowest BCUT2D eigenvalue weighted by atomic mass is 10.0. The highest BCUT2D eigenvalue weighted by Crippen LogP contribution is 2.31. The van der Waals surface area contributed by atoms with Crippen molar-refractivity contribution in [2.75, 3.05) is 5.73 Å². The first-order valence-corrected chi connectivity index (χ1v) is 6.51. The summed E-state index contributed by atoms with van der Waals surface area (Å²) in [6, 6.07) is 10.2. The Morgan fingerprint density at radius 1 is 1.20 bits per heavy atom. The van der Waals surface area contributed by atoms with Crippen LogP contribution in [0.1, 0.15) is 25.3 Å². The lowest BCUT2D eigenvalue weighted by molar-refractivity contribution is 0.594. The Hall–Kier alpha value is -2.36. The van der Waals surface area contributed by atoms with Crippen molar-refractivity contribution < 1.29 is 8.81 Å². The van der Waals surface area contributed by atoms with E-state index in [0.29, 0.717) is 28.3 Å². The van der Waals surface area contributed by atoms with Crippen molar-refractivity contribution in [1.29, 1.82) is 0 Å². The molecule has 3 rings (SSSR count). The van der Waals surface area contributed by atoms with Crippen LogP contribution in [0.3, 0.4) is 0 Å². The van der Waals surface area contributed by atoms with Gasteiger partial charge in [0.1, 0.15) is 11.3 Å². The third kappa shape index (κ3) is 2.03. The van der Waals surface area contributed by atoms with Gasteiger partial charge in [0.2, 0.25) is 5.89 Å². The Kier molecular flexibility index (Phi) is 2.93. The van der Waals surface area contributed by atoms with E-state index < -0.39 is 0 Å². The van der Waals surface area contributed by atoms with E-state index >= 15 is 0 Å². The van der Waals surface area contributed by atoms with Gasteiger partial charge in [0.15, 0.2) is 5.58 Å². The predicted molar refractivity (Wildman–Crippen MR) is 77.9 cm³/mol. The van der Waals surface area contributed by atoms with Crippen molar-refractivity contribution in [2.24, 2.45) is 0 Å². The molecule has 1 aromatic heterocycles. The van der Waals surface area contributed by atoms with Crippen LogP contribution in [-0.2, 0) is 0 Å². The van der Waals surface area contributed by atoms with Gasteiger partial charge in [-0.05, 0) is 35.7 Å². The minimum Gasteiger partial charge on any atom is -0.434 e. The number of hydrogen-bond donors (Lipinski definition) is 1. The summed E-state index contributed by atoms with van der Waals surface area (Å²) in [4.78, 5) is 4.36. The molecule has 0 amide bonds. The quantitative estimate of drug-likeness (QED) is 0.705.